The van der Waals surface area contributed by atoms with Crippen LogP contribution in [0.25, 0.3) is 0 Å². The van der Waals surface area contributed by atoms with E-state index in [2.05, 4.69) is 5.32 Å². The molecule has 0 unspecified atom stereocenters. The number of hydrogen-bond donors (Lipinski definition) is 1. The number of carbonyl (C=O) groups is 1. The smallest absolute Gasteiger partial charge is 0.227 e. The SMILES string of the molecule is N#CCOc1ccc(NC(=O)C2CCOCC2)cc1. The monoisotopic (exact) mass is 260 g/mol. The van der Waals surface area contributed by atoms with Crippen LogP contribution in [0.1, 0.15) is 12.8 Å². The van der Waals surface area contributed by atoms with Crippen LogP contribution < -0.4 is 10.1 Å². The predicted molar refractivity (Wildman–Crippen MR) is 69.7 cm³/mol. The summed E-state index contributed by atoms with van der Waals surface area (Å²) < 4.78 is 10.4. The van der Waals surface area contributed by atoms with E-state index < -0.39 is 0 Å². The van der Waals surface area contributed by atoms with Gasteiger partial charge in [-0.25, -0.2) is 0 Å². The number of hydrogen-bond acceptors (Lipinski definition) is 4. The maximum absolute atomic E-state index is 12.0. The molecule has 0 aliphatic carbocycles. The molecule has 5 nitrogen and oxygen atoms in total. The molecule has 5 heteroatoms. The van der Waals surface area contributed by atoms with Gasteiger partial charge in [0.15, 0.2) is 6.61 Å². The second-order valence-electron chi connectivity index (χ2n) is 4.35. The fourth-order valence-corrected chi connectivity index (χ4v) is 1.95. The van der Waals surface area contributed by atoms with Crippen LogP contribution in [0.3, 0.4) is 0 Å². The molecule has 1 aliphatic heterocycles. The number of carbonyl (C=O) groups excluding carboxylic acids is 1. The van der Waals surface area contributed by atoms with E-state index in [1.165, 1.54) is 0 Å². The summed E-state index contributed by atoms with van der Waals surface area (Å²) >= 11 is 0. The maximum Gasteiger partial charge on any atom is 0.227 e. The lowest BCUT2D eigenvalue weighted by molar-refractivity contribution is -0.122. The molecule has 0 spiro atoms. The number of rotatable bonds is 4. The number of benzene rings is 1. The van der Waals surface area contributed by atoms with Crippen molar-refractivity contribution in [2.24, 2.45) is 5.92 Å². The summed E-state index contributed by atoms with van der Waals surface area (Å²) in [5.41, 5.74) is 0.737. The van der Waals surface area contributed by atoms with Crippen LogP contribution in [-0.4, -0.2) is 25.7 Å². The lowest BCUT2D eigenvalue weighted by Gasteiger charge is -2.21. The molecule has 1 saturated heterocycles. The van der Waals surface area contributed by atoms with Gasteiger partial charge in [0.05, 0.1) is 0 Å². The first-order chi connectivity index (χ1) is 9.29. The normalized spacial score (nSPS) is 15.5. The molecule has 1 aromatic rings. The van der Waals surface area contributed by atoms with Crippen molar-refractivity contribution < 1.29 is 14.3 Å². The quantitative estimate of drug-likeness (QED) is 0.898. The second-order valence-corrected chi connectivity index (χ2v) is 4.35. The Morgan fingerprint density at radius 1 is 1.37 bits per heavy atom. The van der Waals surface area contributed by atoms with E-state index in [1.54, 1.807) is 24.3 Å². The number of ether oxygens (including phenoxy) is 2. The first kappa shape index (κ1) is 13.4. The van der Waals surface area contributed by atoms with Crippen molar-refractivity contribution in [3.63, 3.8) is 0 Å². The fraction of sp³-hybridized carbons (Fsp3) is 0.429. The van der Waals surface area contributed by atoms with Gasteiger partial charge in [-0.3, -0.25) is 4.79 Å². The Bertz CT molecular complexity index is 459. The predicted octanol–water partition coefficient (Wildman–Crippen LogP) is 1.95. The highest BCUT2D eigenvalue weighted by atomic mass is 16.5. The van der Waals surface area contributed by atoms with Gasteiger partial charge in [0.25, 0.3) is 0 Å². The highest BCUT2D eigenvalue weighted by molar-refractivity contribution is 5.92. The molecule has 1 aliphatic rings. The Morgan fingerprint density at radius 2 is 2.05 bits per heavy atom. The Hall–Kier alpha value is -2.06. The molecule has 0 radical (unpaired) electrons. The van der Waals surface area contributed by atoms with Crippen molar-refractivity contribution in [2.45, 2.75) is 12.8 Å². The first-order valence-corrected chi connectivity index (χ1v) is 6.28. The molecule has 1 heterocycles. The summed E-state index contributed by atoms with van der Waals surface area (Å²) in [6.45, 7) is 1.33. The van der Waals surface area contributed by atoms with E-state index in [-0.39, 0.29) is 18.4 Å². The molecule has 19 heavy (non-hydrogen) atoms. The lowest BCUT2D eigenvalue weighted by atomic mass is 9.99. The van der Waals surface area contributed by atoms with E-state index in [9.17, 15) is 4.79 Å². The third-order valence-corrected chi connectivity index (χ3v) is 3.02. The summed E-state index contributed by atoms with van der Waals surface area (Å²) in [7, 11) is 0. The average molecular weight is 260 g/mol. The molecule has 0 saturated carbocycles. The minimum Gasteiger partial charge on any atom is -0.479 e. The zero-order chi connectivity index (χ0) is 13.5. The minimum absolute atomic E-state index is 0.0216. The van der Waals surface area contributed by atoms with Crippen LogP contribution in [0.5, 0.6) is 5.75 Å². The van der Waals surface area contributed by atoms with Crippen molar-refractivity contribution in [3.8, 4) is 11.8 Å². The summed E-state index contributed by atoms with van der Waals surface area (Å²) in [4.78, 5) is 12.0. The van der Waals surface area contributed by atoms with E-state index in [0.717, 1.165) is 18.5 Å². The standard InChI is InChI=1S/C14H16N2O3/c15-7-10-19-13-3-1-12(2-4-13)16-14(17)11-5-8-18-9-6-11/h1-4,11H,5-6,8-10H2,(H,16,17). The summed E-state index contributed by atoms with van der Waals surface area (Å²) in [5.74, 6) is 0.683. The van der Waals surface area contributed by atoms with Crippen molar-refractivity contribution >= 4 is 11.6 Å². The summed E-state index contributed by atoms with van der Waals surface area (Å²) in [5, 5.41) is 11.3. The molecular formula is C14H16N2O3. The Labute approximate surface area is 112 Å². The third kappa shape index (κ3) is 3.97. The maximum atomic E-state index is 12.0. The van der Waals surface area contributed by atoms with Crippen LogP contribution in [0.15, 0.2) is 24.3 Å². The molecule has 1 fully saturated rings. The van der Waals surface area contributed by atoms with Gasteiger partial charge in [-0.1, -0.05) is 0 Å². The van der Waals surface area contributed by atoms with Gasteiger partial charge >= 0.3 is 0 Å². The zero-order valence-corrected chi connectivity index (χ0v) is 10.6. The van der Waals surface area contributed by atoms with Crippen molar-refractivity contribution in [1.82, 2.24) is 0 Å². The van der Waals surface area contributed by atoms with Crippen LogP contribution in [0, 0.1) is 17.2 Å². The van der Waals surface area contributed by atoms with Gasteiger partial charge in [-0.05, 0) is 37.1 Å². The molecule has 0 bridgehead atoms. The fourth-order valence-electron chi connectivity index (χ4n) is 1.95. The van der Waals surface area contributed by atoms with Gasteiger partial charge in [0, 0.05) is 24.8 Å². The van der Waals surface area contributed by atoms with Gasteiger partial charge in [-0.15, -0.1) is 0 Å². The number of nitrogens with one attached hydrogen (secondary N) is 1. The highest BCUT2D eigenvalue weighted by Crippen LogP contribution is 2.19. The van der Waals surface area contributed by atoms with Crippen LogP contribution in [0.2, 0.25) is 0 Å². The largest absolute Gasteiger partial charge is 0.479 e. The Kier molecular flexibility index (Phi) is 4.76. The topological polar surface area (TPSA) is 71.3 Å². The molecule has 100 valence electrons. The molecule has 1 N–H and O–H groups in total. The Morgan fingerprint density at radius 3 is 2.68 bits per heavy atom. The number of nitrogens with zero attached hydrogens (tertiary/aromatic N) is 1. The third-order valence-electron chi connectivity index (χ3n) is 3.02. The summed E-state index contributed by atoms with van der Waals surface area (Å²) in [6, 6.07) is 8.90. The van der Waals surface area contributed by atoms with Crippen molar-refractivity contribution in [2.75, 3.05) is 25.1 Å². The number of anilines is 1. The molecule has 1 amide bonds. The van der Waals surface area contributed by atoms with E-state index in [1.807, 2.05) is 6.07 Å². The van der Waals surface area contributed by atoms with Crippen LogP contribution in [0.4, 0.5) is 5.69 Å². The van der Waals surface area contributed by atoms with Crippen LogP contribution in [-0.2, 0) is 9.53 Å². The highest BCUT2D eigenvalue weighted by Gasteiger charge is 2.21. The average Bonchev–Trinajstić information content (AvgIpc) is 2.47. The number of amides is 1. The number of nitriles is 1. The van der Waals surface area contributed by atoms with E-state index in [4.69, 9.17) is 14.7 Å². The van der Waals surface area contributed by atoms with Crippen molar-refractivity contribution in [1.29, 1.82) is 5.26 Å². The van der Waals surface area contributed by atoms with Gasteiger partial charge in [0.2, 0.25) is 5.91 Å². The minimum atomic E-state index is 0.0216. The summed E-state index contributed by atoms with van der Waals surface area (Å²) in [6.07, 6.45) is 1.55. The van der Waals surface area contributed by atoms with Gasteiger partial charge in [-0.2, -0.15) is 5.26 Å². The zero-order valence-electron chi connectivity index (χ0n) is 10.6. The molecule has 0 aromatic heterocycles. The van der Waals surface area contributed by atoms with Crippen LogP contribution >= 0.6 is 0 Å². The lowest BCUT2D eigenvalue weighted by Crippen LogP contribution is -2.28. The second kappa shape index (κ2) is 6.76. The molecule has 2 rings (SSSR count). The Balaban J connectivity index is 1.88. The molecule has 1 aromatic carbocycles. The van der Waals surface area contributed by atoms with Gasteiger partial charge in [0.1, 0.15) is 11.8 Å². The van der Waals surface area contributed by atoms with E-state index >= 15 is 0 Å². The van der Waals surface area contributed by atoms with Crippen molar-refractivity contribution in [3.05, 3.63) is 24.3 Å². The molecular weight excluding hydrogens is 244 g/mol. The molecule has 0 atom stereocenters. The van der Waals surface area contributed by atoms with Gasteiger partial charge < -0.3 is 14.8 Å². The first-order valence-electron chi connectivity index (χ1n) is 6.28. The van der Waals surface area contributed by atoms with E-state index in [0.29, 0.717) is 19.0 Å².